The number of ether oxygens (including phenoxy) is 1. The zero-order valence-corrected chi connectivity index (χ0v) is 14.8. The molecule has 0 unspecified atom stereocenters. The van der Waals surface area contributed by atoms with Crippen molar-refractivity contribution in [1.29, 1.82) is 0 Å². The molecule has 0 fully saturated rings. The van der Waals surface area contributed by atoms with E-state index in [1.807, 2.05) is 65.2 Å². The van der Waals surface area contributed by atoms with Gasteiger partial charge in [-0.1, -0.05) is 36.4 Å². The van der Waals surface area contributed by atoms with Gasteiger partial charge in [0.2, 0.25) is 0 Å². The first-order valence-corrected chi connectivity index (χ1v) is 8.57. The second-order valence-electron chi connectivity index (χ2n) is 6.26. The van der Waals surface area contributed by atoms with E-state index < -0.39 is 5.97 Å². The number of para-hydroxylation sites is 1. The third-order valence-corrected chi connectivity index (χ3v) is 4.54. The fraction of sp³-hybridized carbons (Fsp3) is 0.0909. The zero-order valence-electron chi connectivity index (χ0n) is 14.8. The van der Waals surface area contributed by atoms with Gasteiger partial charge in [0.1, 0.15) is 12.1 Å². The van der Waals surface area contributed by atoms with Crippen LogP contribution in [0.3, 0.4) is 0 Å². The van der Waals surface area contributed by atoms with E-state index in [1.165, 1.54) is 0 Å². The van der Waals surface area contributed by atoms with Gasteiger partial charge in [0.05, 0.1) is 24.6 Å². The Morgan fingerprint density at radius 2 is 1.82 bits per heavy atom. The van der Waals surface area contributed by atoms with Gasteiger partial charge in [-0.2, -0.15) is 0 Å². The molecule has 136 valence electrons. The van der Waals surface area contributed by atoms with Crippen LogP contribution in [0.5, 0.6) is 5.75 Å². The number of nitrogens with zero attached hydrogens (tertiary/aromatic N) is 2. The quantitative estimate of drug-likeness (QED) is 0.547. The molecule has 0 radical (unpaired) electrons. The number of aliphatic carboxylic acids is 1. The Morgan fingerprint density at radius 1 is 1.07 bits per heavy atom. The Kier molecular flexibility index (Phi) is 5.89. The van der Waals surface area contributed by atoms with E-state index in [-0.39, 0.29) is 25.3 Å². The molecule has 1 N–H and O–H groups in total. The minimum atomic E-state index is -0.834. The molecular formula is C22H19LiN2O3. The van der Waals surface area contributed by atoms with Crippen molar-refractivity contribution >= 4 is 35.9 Å². The molecule has 0 saturated heterocycles. The summed E-state index contributed by atoms with van der Waals surface area (Å²) in [5, 5.41) is 8.89. The second kappa shape index (κ2) is 8.35. The number of imidazole rings is 1. The van der Waals surface area contributed by atoms with Crippen LogP contribution < -0.4 is 4.74 Å². The number of benzene rings is 3. The first-order valence-electron chi connectivity index (χ1n) is 8.57. The molecule has 1 heterocycles. The average molecular weight is 366 g/mol. The summed E-state index contributed by atoms with van der Waals surface area (Å²) in [5.74, 6) is -0.00926. The zero-order chi connectivity index (χ0) is 18.8. The molecule has 1 aromatic heterocycles. The third-order valence-electron chi connectivity index (χ3n) is 4.54. The number of methoxy groups -OCH3 is 1. The van der Waals surface area contributed by atoms with Crippen LogP contribution >= 0.6 is 0 Å². The van der Waals surface area contributed by atoms with E-state index in [0.29, 0.717) is 0 Å². The number of rotatable bonds is 5. The van der Waals surface area contributed by atoms with Crippen molar-refractivity contribution in [3.05, 3.63) is 78.6 Å². The molecule has 5 nitrogen and oxygen atoms in total. The van der Waals surface area contributed by atoms with Crippen LogP contribution in [0.1, 0.15) is 5.56 Å². The van der Waals surface area contributed by atoms with Gasteiger partial charge in [-0.3, -0.25) is 9.36 Å². The third kappa shape index (κ3) is 3.82. The number of aromatic nitrogens is 2. The maximum absolute atomic E-state index is 10.8. The topological polar surface area (TPSA) is 64.4 Å². The van der Waals surface area contributed by atoms with Gasteiger partial charge in [-0.25, -0.2) is 4.98 Å². The first-order chi connectivity index (χ1) is 13.2. The van der Waals surface area contributed by atoms with Crippen LogP contribution in [0.2, 0.25) is 0 Å². The van der Waals surface area contributed by atoms with Crippen molar-refractivity contribution in [2.24, 2.45) is 0 Å². The van der Waals surface area contributed by atoms with Crippen LogP contribution in [0.15, 0.2) is 73.1 Å². The van der Waals surface area contributed by atoms with E-state index in [1.54, 1.807) is 13.4 Å². The van der Waals surface area contributed by atoms with Gasteiger partial charge in [0.25, 0.3) is 0 Å². The van der Waals surface area contributed by atoms with Crippen molar-refractivity contribution in [2.45, 2.75) is 6.42 Å². The molecule has 0 aliphatic carbocycles. The van der Waals surface area contributed by atoms with E-state index in [2.05, 4.69) is 11.1 Å². The molecular weight excluding hydrogens is 347 g/mol. The van der Waals surface area contributed by atoms with Crippen molar-refractivity contribution < 1.29 is 14.6 Å². The molecule has 28 heavy (non-hydrogen) atoms. The van der Waals surface area contributed by atoms with Crippen molar-refractivity contribution in [3.8, 4) is 22.6 Å². The SMILES string of the molecule is COc1ccccc1-c1ccc2c(c1)ncn2-c1ccc(CC(=O)O)cc1.[LiH]. The summed E-state index contributed by atoms with van der Waals surface area (Å²) < 4.78 is 7.45. The van der Waals surface area contributed by atoms with Crippen molar-refractivity contribution in [3.63, 3.8) is 0 Å². The number of hydrogen-bond acceptors (Lipinski definition) is 3. The van der Waals surface area contributed by atoms with Gasteiger partial charge in [-0.15, -0.1) is 0 Å². The second-order valence-corrected chi connectivity index (χ2v) is 6.26. The minimum absolute atomic E-state index is 0. The molecule has 6 heteroatoms. The van der Waals surface area contributed by atoms with E-state index >= 15 is 0 Å². The Hall–Kier alpha value is -3.00. The molecule has 3 aromatic carbocycles. The number of carboxylic acid groups (broad SMARTS) is 1. The number of carboxylic acids is 1. The predicted octanol–water partition coefficient (Wildman–Crippen LogP) is 3.68. The average Bonchev–Trinajstić information content (AvgIpc) is 3.11. The maximum atomic E-state index is 10.8. The Bertz CT molecular complexity index is 1120. The summed E-state index contributed by atoms with van der Waals surface area (Å²) in [6, 6.07) is 21.5. The van der Waals surface area contributed by atoms with E-state index in [0.717, 1.165) is 39.2 Å². The van der Waals surface area contributed by atoms with Crippen LogP contribution in [0, 0.1) is 0 Å². The number of fused-ring (bicyclic) bond motifs is 1. The molecule has 0 amide bonds. The Labute approximate surface area is 174 Å². The molecule has 4 rings (SSSR count). The van der Waals surface area contributed by atoms with Crippen LogP contribution in [0.25, 0.3) is 27.8 Å². The fourth-order valence-corrected chi connectivity index (χ4v) is 3.22. The number of hydrogen-bond donors (Lipinski definition) is 1. The monoisotopic (exact) mass is 366 g/mol. The Balaban J connectivity index is 0.00000225. The summed E-state index contributed by atoms with van der Waals surface area (Å²) in [7, 11) is 1.67. The standard InChI is InChI=1S/C22H18N2O3.Li.H/c1-27-21-5-3-2-4-18(21)16-8-11-20-19(13-16)23-14-24(20)17-9-6-15(7-10-17)12-22(25)26;;/h2-11,13-14H,12H2,1H3,(H,25,26);;. The Morgan fingerprint density at radius 3 is 2.54 bits per heavy atom. The predicted molar refractivity (Wildman–Crippen MR) is 112 cm³/mol. The molecule has 4 aromatic rings. The first kappa shape index (κ1) is 19.8. The van der Waals surface area contributed by atoms with Crippen LogP contribution in [0.4, 0.5) is 0 Å². The fourth-order valence-electron chi connectivity index (χ4n) is 3.22. The van der Waals surface area contributed by atoms with Crippen LogP contribution in [-0.4, -0.2) is 46.6 Å². The van der Waals surface area contributed by atoms with Gasteiger partial charge in [0, 0.05) is 11.3 Å². The molecule has 0 spiro atoms. The van der Waals surface area contributed by atoms with Gasteiger partial charge < -0.3 is 9.84 Å². The normalized spacial score (nSPS) is 10.5. The van der Waals surface area contributed by atoms with Gasteiger partial charge in [0.15, 0.2) is 0 Å². The molecule has 0 bridgehead atoms. The summed E-state index contributed by atoms with van der Waals surface area (Å²) in [4.78, 5) is 15.4. The van der Waals surface area contributed by atoms with E-state index in [9.17, 15) is 4.79 Å². The van der Waals surface area contributed by atoms with Gasteiger partial charge in [-0.05, 0) is 41.5 Å². The summed E-state index contributed by atoms with van der Waals surface area (Å²) in [6.45, 7) is 0. The summed E-state index contributed by atoms with van der Waals surface area (Å²) >= 11 is 0. The molecule has 0 saturated carbocycles. The summed E-state index contributed by atoms with van der Waals surface area (Å²) in [6.07, 6.45) is 1.80. The van der Waals surface area contributed by atoms with E-state index in [4.69, 9.17) is 9.84 Å². The number of carbonyl (C=O) groups is 1. The molecule has 0 aliphatic heterocycles. The van der Waals surface area contributed by atoms with Gasteiger partial charge >= 0.3 is 24.8 Å². The molecule has 0 aliphatic rings. The van der Waals surface area contributed by atoms with Crippen molar-refractivity contribution in [2.75, 3.05) is 7.11 Å². The molecule has 0 atom stereocenters. The van der Waals surface area contributed by atoms with Crippen molar-refractivity contribution in [1.82, 2.24) is 9.55 Å². The summed E-state index contributed by atoms with van der Waals surface area (Å²) in [5.41, 5.74) is 5.65. The van der Waals surface area contributed by atoms with Crippen LogP contribution in [-0.2, 0) is 11.2 Å².